The maximum absolute atomic E-state index is 4.49. The quantitative estimate of drug-likeness (QED) is 0.584. The second kappa shape index (κ2) is 2.86. The molecule has 1 aromatic rings. The molecule has 0 unspecified atom stereocenters. The first-order valence-electron chi connectivity index (χ1n) is 3.89. The zero-order valence-electron chi connectivity index (χ0n) is 6.63. The van der Waals surface area contributed by atoms with Gasteiger partial charge in [0, 0.05) is 11.4 Å². The predicted octanol–water partition coefficient (Wildman–Crippen LogP) is 2.18. The van der Waals surface area contributed by atoms with E-state index in [1.807, 2.05) is 11.8 Å². The number of rotatable bonds is 0. The highest BCUT2D eigenvalue weighted by Gasteiger charge is 2.09. The summed E-state index contributed by atoms with van der Waals surface area (Å²) in [7, 11) is 0. The lowest BCUT2D eigenvalue weighted by Crippen LogP contribution is -2.04. The first-order chi connectivity index (χ1) is 5.36. The van der Waals surface area contributed by atoms with Crippen LogP contribution in [0.4, 0.5) is 0 Å². The molecule has 0 radical (unpaired) electrons. The third-order valence-electron chi connectivity index (χ3n) is 1.96. The van der Waals surface area contributed by atoms with Crippen molar-refractivity contribution in [2.45, 2.75) is 19.1 Å². The number of hydrogen-bond donors (Lipinski definition) is 0. The molecule has 0 amide bonds. The van der Waals surface area contributed by atoms with Crippen LogP contribution in [-0.4, -0.2) is 10.7 Å². The van der Waals surface area contributed by atoms with Crippen LogP contribution in [-0.2, 0) is 12.2 Å². The molecule has 1 aliphatic rings. The molecule has 0 aromatic carbocycles. The largest absolute Gasteiger partial charge is 0.257 e. The summed E-state index contributed by atoms with van der Waals surface area (Å²) in [6.45, 7) is 2.06. The number of fused-ring (bicyclic) bond motifs is 1. The summed E-state index contributed by atoms with van der Waals surface area (Å²) >= 11 is 1.98. The Morgan fingerprint density at radius 3 is 3.27 bits per heavy atom. The van der Waals surface area contributed by atoms with E-state index in [1.165, 1.54) is 23.4 Å². The van der Waals surface area contributed by atoms with Crippen LogP contribution >= 0.6 is 11.8 Å². The van der Waals surface area contributed by atoms with E-state index in [4.69, 9.17) is 0 Å². The van der Waals surface area contributed by atoms with Crippen molar-refractivity contribution < 1.29 is 0 Å². The number of nitrogens with zero attached hydrogens (tertiary/aromatic N) is 1. The summed E-state index contributed by atoms with van der Waals surface area (Å²) in [5.74, 6) is 2.37. The lowest BCUT2D eigenvalue weighted by molar-refractivity contribution is 0.993. The zero-order chi connectivity index (χ0) is 7.68. The fourth-order valence-electron chi connectivity index (χ4n) is 1.34. The third-order valence-corrected chi connectivity index (χ3v) is 2.93. The van der Waals surface area contributed by atoms with Gasteiger partial charge in [0.05, 0.1) is 5.69 Å². The molecular formula is C9H11NS. The van der Waals surface area contributed by atoms with Crippen LogP contribution in [0, 0.1) is 6.92 Å². The SMILES string of the molecule is Cc1ccc2c(n1)CSCC2. The maximum Gasteiger partial charge on any atom is 0.0537 e. The lowest BCUT2D eigenvalue weighted by Gasteiger charge is -2.13. The van der Waals surface area contributed by atoms with Gasteiger partial charge in [0.2, 0.25) is 0 Å². The summed E-state index contributed by atoms with van der Waals surface area (Å²) < 4.78 is 0. The van der Waals surface area contributed by atoms with Crippen LogP contribution in [0.1, 0.15) is 17.0 Å². The average Bonchev–Trinajstić information content (AvgIpc) is 2.04. The molecule has 0 spiro atoms. The molecule has 58 valence electrons. The number of pyridine rings is 1. The van der Waals surface area contributed by atoms with Crippen molar-refractivity contribution in [3.63, 3.8) is 0 Å². The van der Waals surface area contributed by atoms with Crippen LogP contribution in [0.25, 0.3) is 0 Å². The summed E-state index contributed by atoms with van der Waals surface area (Å²) in [6.07, 6.45) is 1.20. The van der Waals surface area contributed by atoms with Crippen molar-refractivity contribution in [3.8, 4) is 0 Å². The van der Waals surface area contributed by atoms with Crippen molar-refractivity contribution in [2.75, 3.05) is 5.75 Å². The van der Waals surface area contributed by atoms with Gasteiger partial charge in [-0.2, -0.15) is 11.8 Å². The van der Waals surface area contributed by atoms with Crippen molar-refractivity contribution >= 4 is 11.8 Å². The number of aromatic nitrogens is 1. The molecule has 1 aliphatic heterocycles. The highest BCUT2D eigenvalue weighted by Crippen LogP contribution is 2.22. The van der Waals surface area contributed by atoms with Crippen LogP contribution in [0.15, 0.2) is 12.1 Å². The van der Waals surface area contributed by atoms with E-state index >= 15 is 0 Å². The Morgan fingerprint density at radius 2 is 2.36 bits per heavy atom. The van der Waals surface area contributed by atoms with E-state index in [9.17, 15) is 0 Å². The van der Waals surface area contributed by atoms with Gasteiger partial charge in [-0.05, 0) is 30.7 Å². The van der Waals surface area contributed by atoms with Gasteiger partial charge in [-0.15, -0.1) is 0 Å². The minimum Gasteiger partial charge on any atom is -0.257 e. The standard InChI is InChI=1S/C9H11NS/c1-7-2-3-8-4-5-11-6-9(8)10-7/h2-3H,4-6H2,1H3. The smallest absolute Gasteiger partial charge is 0.0537 e. The Balaban J connectivity index is 2.43. The minimum atomic E-state index is 1.11. The molecule has 2 rings (SSSR count). The number of aryl methyl sites for hydroxylation is 2. The monoisotopic (exact) mass is 165 g/mol. The first-order valence-corrected chi connectivity index (χ1v) is 5.05. The van der Waals surface area contributed by atoms with Gasteiger partial charge in [0.1, 0.15) is 0 Å². The van der Waals surface area contributed by atoms with Gasteiger partial charge in [0.25, 0.3) is 0 Å². The number of hydrogen-bond acceptors (Lipinski definition) is 2. The molecule has 1 aromatic heterocycles. The lowest BCUT2D eigenvalue weighted by atomic mass is 10.1. The summed E-state index contributed by atoms with van der Waals surface area (Å²) in [5, 5.41) is 0. The van der Waals surface area contributed by atoms with Gasteiger partial charge >= 0.3 is 0 Å². The molecule has 0 aliphatic carbocycles. The Morgan fingerprint density at radius 1 is 1.45 bits per heavy atom. The topological polar surface area (TPSA) is 12.9 Å². The molecule has 11 heavy (non-hydrogen) atoms. The molecule has 1 nitrogen and oxygen atoms in total. The average molecular weight is 165 g/mol. The Labute approximate surface area is 71.2 Å². The van der Waals surface area contributed by atoms with Crippen molar-refractivity contribution in [1.29, 1.82) is 0 Å². The van der Waals surface area contributed by atoms with E-state index < -0.39 is 0 Å². The number of thioether (sulfide) groups is 1. The van der Waals surface area contributed by atoms with E-state index in [-0.39, 0.29) is 0 Å². The van der Waals surface area contributed by atoms with Crippen molar-refractivity contribution in [3.05, 3.63) is 29.1 Å². The maximum atomic E-state index is 4.49. The molecule has 2 heterocycles. The fraction of sp³-hybridized carbons (Fsp3) is 0.444. The highest BCUT2D eigenvalue weighted by atomic mass is 32.2. The highest BCUT2D eigenvalue weighted by molar-refractivity contribution is 7.98. The second-order valence-electron chi connectivity index (χ2n) is 2.86. The first kappa shape index (κ1) is 7.17. The Kier molecular flexibility index (Phi) is 1.86. The molecule has 0 saturated heterocycles. The van der Waals surface area contributed by atoms with E-state index in [0.717, 1.165) is 11.4 Å². The molecule has 0 fully saturated rings. The van der Waals surface area contributed by atoms with Gasteiger partial charge in [-0.25, -0.2) is 0 Å². The van der Waals surface area contributed by atoms with E-state index in [1.54, 1.807) is 0 Å². The molecule has 0 bridgehead atoms. The van der Waals surface area contributed by atoms with Crippen LogP contribution in [0.3, 0.4) is 0 Å². The second-order valence-corrected chi connectivity index (χ2v) is 3.97. The summed E-state index contributed by atoms with van der Waals surface area (Å²) in [6, 6.07) is 4.33. The minimum absolute atomic E-state index is 1.11. The molecule has 0 saturated carbocycles. The van der Waals surface area contributed by atoms with Crippen LogP contribution < -0.4 is 0 Å². The van der Waals surface area contributed by atoms with E-state index in [0.29, 0.717) is 0 Å². The van der Waals surface area contributed by atoms with Crippen LogP contribution in [0.5, 0.6) is 0 Å². The Bertz CT molecular complexity index is 270. The normalized spacial score (nSPS) is 16.1. The Hall–Kier alpha value is -0.500. The van der Waals surface area contributed by atoms with Crippen molar-refractivity contribution in [2.24, 2.45) is 0 Å². The molecule has 0 atom stereocenters. The predicted molar refractivity (Wildman–Crippen MR) is 48.8 cm³/mol. The van der Waals surface area contributed by atoms with Gasteiger partial charge in [-0.3, -0.25) is 4.98 Å². The van der Waals surface area contributed by atoms with Gasteiger partial charge in [-0.1, -0.05) is 6.07 Å². The molecule has 2 heteroatoms. The molecular weight excluding hydrogens is 154 g/mol. The molecule has 0 N–H and O–H groups in total. The van der Waals surface area contributed by atoms with Gasteiger partial charge < -0.3 is 0 Å². The fourth-order valence-corrected chi connectivity index (χ4v) is 2.29. The van der Waals surface area contributed by atoms with Gasteiger partial charge in [0.15, 0.2) is 0 Å². The summed E-state index contributed by atoms with van der Waals surface area (Å²) in [5.41, 5.74) is 3.90. The third kappa shape index (κ3) is 1.41. The summed E-state index contributed by atoms with van der Waals surface area (Å²) in [4.78, 5) is 4.49. The zero-order valence-corrected chi connectivity index (χ0v) is 7.45. The van der Waals surface area contributed by atoms with Crippen molar-refractivity contribution in [1.82, 2.24) is 4.98 Å². The van der Waals surface area contributed by atoms with Crippen LogP contribution in [0.2, 0.25) is 0 Å². The van der Waals surface area contributed by atoms with E-state index in [2.05, 4.69) is 24.0 Å².